The fourth-order valence-electron chi connectivity index (χ4n) is 3.88. The smallest absolute Gasteiger partial charge is 0.319 e. The van der Waals surface area contributed by atoms with E-state index in [1.165, 1.54) is 6.42 Å². The van der Waals surface area contributed by atoms with Gasteiger partial charge in [0.1, 0.15) is 0 Å². The lowest BCUT2D eigenvalue weighted by atomic mass is 9.98. The molecule has 6 nitrogen and oxygen atoms in total. The van der Waals surface area contributed by atoms with Crippen LogP contribution in [0, 0.1) is 5.92 Å². The number of hydrogen-bond acceptors (Lipinski definition) is 3. The first-order valence-electron chi connectivity index (χ1n) is 9.82. The average molecular weight is 358 g/mol. The van der Waals surface area contributed by atoms with Crippen LogP contribution >= 0.6 is 0 Å². The molecule has 2 unspecified atom stereocenters. The summed E-state index contributed by atoms with van der Waals surface area (Å²) in [7, 11) is 0. The molecular formula is C20H30N4O2. The second-order valence-electron chi connectivity index (χ2n) is 7.34. The number of anilines is 1. The van der Waals surface area contributed by atoms with Gasteiger partial charge in [-0.05, 0) is 63.2 Å². The van der Waals surface area contributed by atoms with Gasteiger partial charge in [0.2, 0.25) is 5.91 Å². The summed E-state index contributed by atoms with van der Waals surface area (Å²) in [6, 6.07) is 9.29. The number of para-hydroxylation sites is 1. The van der Waals surface area contributed by atoms with Gasteiger partial charge in [-0.3, -0.25) is 4.79 Å². The minimum absolute atomic E-state index is 0.111. The maximum absolute atomic E-state index is 12.7. The monoisotopic (exact) mass is 358 g/mol. The molecule has 26 heavy (non-hydrogen) atoms. The van der Waals surface area contributed by atoms with E-state index in [9.17, 15) is 9.59 Å². The number of carbonyl (C=O) groups is 2. The Bertz CT molecular complexity index is 587. The van der Waals surface area contributed by atoms with E-state index in [4.69, 9.17) is 0 Å². The van der Waals surface area contributed by atoms with Crippen LogP contribution in [0.25, 0.3) is 0 Å². The largest absolute Gasteiger partial charge is 0.338 e. The van der Waals surface area contributed by atoms with Crippen molar-refractivity contribution >= 4 is 17.6 Å². The number of rotatable bonds is 6. The Morgan fingerprint density at radius 2 is 2.00 bits per heavy atom. The number of nitrogens with one attached hydrogen (secondary N) is 3. The SMILES string of the molecule is O=C(NCC1CCCCN1C(=O)CCC1CCNC1)Nc1ccccc1. The summed E-state index contributed by atoms with van der Waals surface area (Å²) in [4.78, 5) is 26.8. The Hall–Kier alpha value is -2.08. The molecule has 2 fully saturated rings. The Morgan fingerprint density at radius 1 is 1.15 bits per heavy atom. The third-order valence-corrected chi connectivity index (χ3v) is 5.41. The number of carbonyl (C=O) groups excluding carboxylic acids is 2. The van der Waals surface area contributed by atoms with Crippen molar-refractivity contribution in [1.29, 1.82) is 0 Å². The standard InChI is InChI=1S/C20H30N4O2/c25-19(10-9-16-11-12-21-14-16)24-13-5-4-8-18(24)15-22-20(26)23-17-6-2-1-3-7-17/h1-3,6-7,16,18,21H,4-5,8-15H2,(H2,22,23,26). The summed E-state index contributed by atoms with van der Waals surface area (Å²) < 4.78 is 0. The van der Waals surface area contributed by atoms with Gasteiger partial charge in [0, 0.05) is 31.2 Å². The van der Waals surface area contributed by atoms with E-state index in [-0.39, 0.29) is 18.0 Å². The summed E-state index contributed by atoms with van der Waals surface area (Å²) in [6.07, 6.45) is 5.91. The predicted octanol–water partition coefficient (Wildman–Crippen LogP) is 2.58. The van der Waals surface area contributed by atoms with Crippen molar-refractivity contribution < 1.29 is 9.59 Å². The Labute approximate surface area is 155 Å². The van der Waals surface area contributed by atoms with Gasteiger partial charge in [-0.2, -0.15) is 0 Å². The zero-order valence-electron chi connectivity index (χ0n) is 15.4. The van der Waals surface area contributed by atoms with Gasteiger partial charge < -0.3 is 20.9 Å². The molecule has 0 spiro atoms. The molecule has 6 heteroatoms. The van der Waals surface area contributed by atoms with Gasteiger partial charge in [-0.1, -0.05) is 18.2 Å². The second kappa shape index (κ2) is 9.57. The van der Waals surface area contributed by atoms with Crippen LogP contribution in [0.3, 0.4) is 0 Å². The van der Waals surface area contributed by atoms with E-state index >= 15 is 0 Å². The van der Waals surface area contributed by atoms with Gasteiger partial charge >= 0.3 is 6.03 Å². The number of piperidine rings is 1. The molecule has 3 rings (SSSR count). The lowest BCUT2D eigenvalue weighted by Crippen LogP contribution is -2.50. The Balaban J connectivity index is 1.45. The topological polar surface area (TPSA) is 73.5 Å². The van der Waals surface area contributed by atoms with Gasteiger partial charge in [0.05, 0.1) is 0 Å². The van der Waals surface area contributed by atoms with Crippen LogP contribution in [0.5, 0.6) is 0 Å². The van der Waals surface area contributed by atoms with E-state index in [1.54, 1.807) is 0 Å². The Morgan fingerprint density at radius 3 is 2.77 bits per heavy atom. The van der Waals surface area contributed by atoms with E-state index < -0.39 is 0 Å². The summed E-state index contributed by atoms with van der Waals surface area (Å²) >= 11 is 0. The van der Waals surface area contributed by atoms with E-state index in [1.807, 2.05) is 35.2 Å². The molecule has 3 N–H and O–H groups in total. The number of urea groups is 1. The first-order chi connectivity index (χ1) is 12.7. The normalized spacial score (nSPS) is 22.8. The first-order valence-corrected chi connectivity index (χ1v) is 9.82. The maximum Gasteiger partial charge on any atom is 0.319 e. The van der Waals surface area contributed by atoms with Crippen molar-refractivity contribution in [2.24, 2.45) is 5.92 Å². The summed E-state index contributed by atoms with van der Waals surface area (Å²) in [6.45, 7) is 3.44. The van der Waals surface area contributed by atoms with Crippen molar-refractivity contribution in [3.05, 3.63) is 30.3 Å². The highest BCUT2D eigenvalue weighted by Crippen LogP contribution is 2.20. The summed E-state index contributed by atoms with van der Waals surface area (Å²) in [5.74, 6) is 0.879. The number of benzene rings is 1. The quantitative estimate of drug-likeness (QED) is 0.732. The molecule has 1 aromatic carbocycles. The third kappa shape index (κ3) is 5.46. The van der Waals surface area contributed by atoms with Crippen molar-refractivity contribution in [3.8, 4) is 0 Å². The minimum atomic E-state index is -0.216. The van der Waals surface area contributed by atoms with E-state index in [2.05, 4.69) is 16.0 Å². The molecule has 1 aromatic rings. The number of hydrogen-bond donors (Lipinski definition) is 3. The molecule has 2 saturated heterocycles. The Kier molecular flexibility index (Phi) is 6.89. The molecule has 142 valence electrons. The second-order valence-corrected chi connectivity index (χ2v) is 7.34. The number of nitrogens with zero attached hydrogens (tertiary/aromatic N) is 1. The molecule has 0 saturated carbocycles. The van der Waals surface area contributed by atoms with Gasteiger partial charge in [-0.15, -0.1) is 0 Å². The molecule has 2 atom stereocenters. The number of amides is 3. The molecule has 3 amide bonds. The van der Waals surface area contributed by atoms with Gasteiger partial charge in [0.25, 0.3) is 0 Å². The number of likely N-dealkylation sites (tertiary alicyclic amines) is 1. The molecule has 0 aliphatic carbocycles. The molecular weight excluding hydrogens is 328 g/mol. The van der Waals surface area contributed by atoms with Crippen molar-refractivity contribution in [3.63, 3.8) is 0 Å². The van der Waals surface area contributed by atoms with Crippen molar-refractivity contribution in [2.75, 3.05) is 31.5 Å². The lowest BCUT2D eigenvalue weighted by molar-refractivity contribution is -0.135. The predicted molar refractivity (Wildman–Crippen MR) is 103 cm³/mol. The summed E-state index contributed by atoms with van der Waals surface area (Å²) in [5.41, 5.74) is 0.770. The molecule has 2 heterocycles. The highest BCUT2D eigenvalue weighted by Gasteiger charge is 2.27. The van der Waals surface area contributed by atoms with Crippen LogP contribution in [0.15, 0.2) is 30.3 Å². The van der Waals surface area contributed by atoms with E-state index in [0.717, 1.165) is 51.0 Å². The third-order valence-electron chi connectivity index (χ3n) is 5.41. The highest BCUT2D eigenvalue weighted by molar-refractivity contribution is 5.89. The van der Waals surface area contributed by atoms with Crippen LogP contribution < -0.4 is 16.0 Å². The lowest BCUT2D eigenvalue weighted by Gasteiger charge is -2.36. The van der Waals surface area contributed by atoms with Crippen LogP contribution in [-0.4, -0.2) is 49.1 Å². The van der Waals surface area contributed by atoms with Crippen LogP contribution in [0.4, 0.5) is 10.5 Å². The van der Waals surface area contributed by atoms with E-state index in [0.29, 0.717) is 18.9 Å². The zero-order chi connectivity index (χ0) is 18.2. The molecule has 0 radical (unpaired) electrons. The fourth-order valence-corrected chi connectivity index (χ4v) is 3.88. The van der Waals surface area contributed by atoms with Gasteiger partial charge in [-0.25, -0.2) is 4.79 Å². The van der Waals surface area contributed by atoms with Crippen molar-refractivity contribution in [2.45, 2.75) is 44.6 Å². The maximum atomic E-state index is 12.7. The highest BCUT2D eigenvalue weighted by atomic mass is 16.2. The molecule has 0 aromatic heterocycles. The zero-order valence-corrected chi connectivity index (χ0v) is 15.4. The molecule has 0 bridgehead atoms. The van der Waals surface area contributed by atoms with Crippen LogP contribution in [-0.2, 0) is 4.79 Å². The molecule has 2 aliphatic rings. The van der Waals surface area contributed by atoms with Crippen molar-refractivity contribution in [1.82, 2.24) is 15.5 Å². The van der Waals surface area contributed by atoms with Crippen LogP contribution in [0.2, 0.25) is 0 Å². The summed E-state index contributed by atoms with van der Waals surface area (Å²) in [5, 5.41) is 9.11. The molecule has 2 aliphatic heterocycles. The van der Waals surface area contributed by atoms with Crippen LogP contribution in [0.1, 0.15) is 38.5 Å². The minimum Gasteiger partial charge on any atom is -0.338 e. The first kappa shape index (κ1) is 18.7. The average Bonchev–Trinajstić information content (AvgIpc) is 3.19. The van der Waals surface area contributed by atoms with Gasteiger partial charge in [0.15, 0.2) is 0 Å². The fraction of sp³-hybridized carbons (Fsp3) is 0.600.